The van der Waals surface area contributed by atoms with Crippen LogP contribution in [0.2, 0.25) is 0 Å². The number of alkyl halides is 3. The van der Waals surface area contributed by atoms with Gasteiger partial charge in [0.2, 0.25) is 0 Å². The Balaban J connectivity index is 2.86. The molecule has 4 heteroatoms. The highest BCUT2D eigenvalue weighted by molar-refractivity contribution is 7.12. The summed E-state index contributed by atoms with van der Waals surface area (Å²) in [5.41, 5.74) is 0. The first-order chi connectivity index (χ1) is 5.54. The van der Waals surface area contributed by atoms with Crippen LogP contribution in [0.25, 0.3) is 0 Å². The molecule has 0 saturated heterocycles. The Labute approximate surface area is 72.0 Å². The van der Waals surface area contributed by atoms with Crippen molar-refractivity contribution in [3.8, 4) is 12.3 Å². The number of hydrogen-bond donors (Lipinski definition) is 0. The molecule has 1 aromatic heterocycles. The van der Waals surface area contributed by atoms with Gasteiger partial charge in [0, 0.05) is 11.3 Å². The van der Waals surface area contributed by atoms with Crippen LogP contribution in [-0.2, 0) is 12.6 Å². The predicted molar refractivity (Wildman–Crippen MR) is 41.9 cm³/mol. The molecule has 0 bridgehead atoms. The Morgan fingerprint density at radius 2 is 2.08 bits per heavy atom. The topological polar surface area (TPSA) is 0 Å². The maximum Gasteiger partial charge on any atom is 0.425 e. The molecule has 0 aliphatic rings. The van der Waals surface area contributed by atoms with E-state index in [2.05, 4.69) is 5.92 Å². The summed E-state index contributed by atoms with van der Waals surface area (Å²) in [6.07, 6.45) is 0.980. The van der Waals surface area contributed by atoms with Gasteiger partial charge in [0.15, 0.2) is 0 Å². The van der Waals surface area contributed by atoms with Gasteiger partial charge in [-0.2, -0.15) is 13.2 Å². The van der Waals surface area contributed by atoms with Crippen molar-refractivity contribution in [2.45, 2.75) is 12.6 Å². The second kappa shape index (κ2) is 3.20. The minimum Gasteiger partial charge on any atom is -0.165 e. The van der Waals surface area contributed by atoms with Gasteiger partial charge in [0.25, 0.3) is 0 Å². The van der Waals surface area contributed by atoms with Gasteiger partial charge < -0.3 is 0 Å². The standard InChI is InChI=1S/C8H5F3S/c1-2-3-6-4-5-7(12-6)8(9,10)11/h1,4-5H,3H2. The van der Waals surface area contributed by atoms with E-state index in [0.717, 1.165) is 6.07 Å². The molecule has 0 atom stereocenters. The van der Waals surface area contributed by atoms with Crippen LogP contribution in [0.15, 0.2) is 12.1 Å². The molecule has 0 nitrogen and oxygen atoms in total. The third-order valence-electron chi connectivity index (χ3n) is 1.22. The summed E-state index contributed by atoms with van der Waals surface area (Å²) in [7, 11) is 0. The molecule has 0 spiro atoms. The van der Waals surface area contributed by atoms with Crippen LogP contribution in [0.4, 0.5) is 13.2 Å². The number of rotatable bonds is 1. The number of halogens is 3. The molecule has 0 N–H and O–H groups in total. The van der Waals surface area contributed by atoms with Crippen molar-refractivity contribution in [1.29, 1.82) is 0 Å². The fourth-order valence-corrected chi connectivity index (χ4v) is 1.55. The quantitative estimate of drug-likeness (QED) is 0.597. The Bertz CT molecular complexity index is 303. The van der Waals surface area contributed by atoms with Crippen LogP contribution >= 0.6 is 11.3 Å². The van der Waals surface area contributed by atoms with E-state index in [4.69, 9.17) is 6.42 Å². The molecule has 12 heavy (non-hydrogen) atoms. The van der Waals surface area contributed by atoms with Crippen LogP contribution in [0.3, 0.4) is 0 Å². The second-order valence-corrected chi connectivity index (χ2v) is 3.31. The first-order valence-corrected chi connectivity index (χ1v) is 3.95. The zero-order valence-corrected chi connectivity index (χ0v) is 6.80. The minimum atomic E-state index is -4.24. The van der Waals surface area contributed by atoms with E-state index in [1.54, 1.807) is 0 Å². The summed E-state index contributed by atoms with van der Waals surface area (Å²) in [5.74, 6) is 2.29. The largest absolute Gasteiger partial charge is 0.425 e. The average molecular weight is 190 g/mol. The summed E-state index contributed by atoms with van der Waals surface area (Å²) in [6.45, 7) is 0. The minimum absolute atomic E-state index is 0.265. The molecule has 0 amide bonds. The zero-order chi connectivity index (χ0) is 9.19. The third kappa shape index (κ3) is 2.02. The molecule has 0 aromatic carbocycles. The first-order valence-electron chi connectivity index (χ1n) is 3.13. The van der Waals surface area contributed by atoms with Crippen molar-refractivity contribution >= 4 is 11.3 Å². The lowest BCUT2D eigenvalue weighted by molar-refractivity contribution is -0.134. The highest BCUT2D eigenvalue weighted by Gasteiger charge is 2.32. The summed E-state index contributed by atoms with van der Waals surface area (Å²) in [5, 5.41) is 0. The lowest BCUT2D eigenvalue weighted by atomic mass is 10.3. The van der Waals surface area contributed by atoms with E-state index in [-0.39, 0.29) is 6.42 Å². The van der Waals surface area contributed by atoms with Gasteiger partial charge in [-0.15, -0.1) is 23.7 Å². The number of terminal acetylenes is 1. The van der Waals surface area contributed by atoms with E-state index >= 15 is 0 Å². The molecule has 0 aliphatic heterocycles. The highest BCUT2D eigenvalue weighted by Crippen LogP contribution is 2.34. The maximum atomic E-state index is 12.0. The molecular formula is C8H5F3S. The third-order valence-corrected chi connectivity index (χ3v) is 2.35. The lowest BCUT2D eigenvalue weighted by Crippen LogP contribution is -2.00. The van der Waals surface area contributed by atoms with E-state index < -0.39 is 11.1 Å². The Morgan fingerprint density at radius 1 is 1.42 bits per heavy atom. The molecule has 0 aliphatic carbocycles. The lowest BCUT2D eigenvalue weighted by Gasteiger charge is -2.00. The van der Waals surface area contributed by atoms with Crippen molar-refractivity contribution < 1.29 is 13.2 Å². The van der Waals surface area contributed by atoms with E-state index in [9.17, 15) is 13.2 Å². The molecule has 1 heterocycles. The van der Waals surface area contributed by atoms with E-state index in [0.29, 0.717) is 16.2 Å². The predicted octanol–water partition coefficient (Wildman–Crippen LogP) is 2.94. The maximum absolute atomic E-state index is 12.0. The van der Waals surface area contributed by atoms with Gasteiger partial charge in [-0.3, -0.25) is 0 Å². The fourth-order valence-electron chi connectivity index (χ4n) is 0.726. The Kier molecular flexibility index (Phi) is 2.43. The van der Waals surface area contributed by atoms with Crippen molar-refractivity contribution in [2.24, 2.45) is 0 Å². The van der Waals surface area contributed by atoms with Gasteiger partial charge in [0.05, 0.1) is 0 Å². The van der Waals surface area contributed by atoms with Crippen LogP contribution in [0, 0.1) is 12.3 Å². The Morgan fingerprint density at radius 3 is 2.50 bits per heavy atom. The molecule has 1 aromatic rings. The van der Waals surface area contributed by atoms with E-state index in [1.807, 2.05) is 0 Å². The van der Waals surface area contributed by atoms with Gasteiger partial charge >= 0.3 is 6.18 Å². The van der Waals surface area contributed by atoms with E-state index in [1.165, 1.54) is 6.07 Å². The van der Waals surface area contributed by atoms with Gasteiger partial charge in [-0.25, -0.2) is 0 Å². The first kappa shape index (κ1) is 9.14. The molecule has 0 unspecified atom stereocenters. The van der Waals surface area contributed by atoms with Crippen molar-refractivity contribution in [3.05, 3.63) is 21.9 Å². The van der Waals surface area contributed by atoms with Crippen LogP contribution in [0.1, 0.15) is 9.75 Å². The monoisotopic (exact) mass is 190 g/mol. The van der Waals surface area contributed by atoms with Crippen LogP contribution < -0.4 is 0 Å². The molecule has 0 saturated carbocycles. The number of hydrogen-bond acceptors (Lipinski definition) is 1. The summed E-state index contributed by atoms with van der Waals surface area (Å²) >= 11 is 0.697. The molecule has 0 radical (unpaired) electrons. The normalized spacial score (nSPS) is 11.2. The number of thiophene rings is 1. The van der Waals surface area contributed by atoms with Crippen molar-refractivity contribution in [3.63, 3.8) is 0 Å². The second-order valence-electron chi connectivity index (χ2n) is 2.14. The van der Waals surface area contributed by atoms with Crippen molar-refractivity contribution in [1.82, 2.24) is 0 Å². The molecule has 0 fully saturated rings. The fraction of sp³-hybridized carbons (Fsp3) is 0.250. The highest BCUT2D eigenvalue weighted by atomic mass is 32.1. The van der Waals surface area contributed by atoms with Gasteiger partial charge in [0.1, 0.15) is 4.88 Å². The summed E-state index contributed by atoms with van der Waals surface area (Å²) in [6, 6.07) is 2.46. The van der Waals surface area contributed by atoms with Crippen molar-refractivity contribution in [2.75, 3.05) is 0 Å². The molecular weight excluding hydrogens is 185 g/mol. The zero-order valence-electron chi connectivity index (χ0n) is 5.98. The SMILES string of the molecule is C#CCc1ccc(C(F)(F)F)s1. The Hall–Kier alpha value is -0.950. The van der Waals surface area contributed by atoms with Crippen LogP contribution in [0.5, 0.6) is 0 Å². The van der Waals surface area contributed by atoms with Gasteiger partial charge in [-0.05, 0) is 12.1 Å². The van der Waals surface area contributed by atoms with Crippen LogP contribution in [-0.4, -0.2) is 0 Å². The molecule has 1 rings (SSSR count). The molecule has 64 valence electrons. The smallest absolute Gasteiger partial charge is 0.165 e. The average Bonchev–Trinajstić information content (AvgIpc) is 2.35. The summed E-state index contributed by atoms with van der Waals surface area (Å²) in [4.78, 5) is -0.0161. The summed E-state index contributed by atoms with van der Waals surface area (Å²) < 4.78 is 36.0. The van der Waals surface area contributed by atoms with Gasteiger partial charge in [-0.1, -0.05) is 0 Å².